The van der Waals surface area contributed by atoms with Crippen LogP contribution in [0.2, 0.25) is 0 Å². The molecule has 0 saturated heterocycles. The first-order valence-electron chi connectivity index (χ1n) is 20.6. The minimum Gasteiger partial charge on any atom is -0.462 e. The zero-order valence-corrected chi connectivity index (χ0v) is 33.3. The summed E-state index contributed by atoms with van der Waals surface area (Å²) in [7, 11) is -4.74. The van der Waals surface area contributed by atoms with E-state index in [1.807, 2.05) is 0 Å². The van der Waals surface area contributed by atoms with Gasteiger partial charge in [-0.2, -0.15) is 0 Å². The number of hydrogen-bond acceptors (Lipinski definition) is 6. The molecule has 2 atom stereocenters. The van der Waals surface area contributed by atoms with Crippen molar-refractivity contribution in [1.29, 1.82) is 0 Å². The van der Waals surface area contributed by atoms with Crippen LogP contribution in [0.4, 0.5) is 0 Å². The largest absolute Gasteiger partial charge is 0.469 e. The molecule has 0 saturated carbocycles. The second-order valence-corrected chi connectivity index (χ2v) is 16.3. The summed E-state index contributed by atoms with van der Waals surface area (Å²) in [5.41, 5.74) is 0. The molecule has 0 aliphatic carbocycles. The van der Waals surface area contributed by atoms with Gasteiger partial charge in [-0.3, -0.25) is 14.1 Å². The van der Waals surface area contributed by atoms with Gasteiger partial charge in [0.1, 0.15) is 6.61 Å². The van der Waals surface area contributed by atoms with Crippen LogP contribution < -0.4 is 0 Å². The summed E-state index contributed by atoms with van der Waals surface area (Å²) >= 11 is 0. The van der Waals surface area contributed by atoms with Gasteiger partial charge in [0.15, 0.2) is 6.10 Å². The second-order valence-electron chi connectivity index (χ2n) is 15.1. The van der Waals surface area contributed by atoms with Crippen LogP contribution in [0.5, 0.6) is 0 Å². The van der Waals surface area contributed by atoms with Gasteiger partial charge in [-0.25, -0.2) is 4.57 Å². The first-order valence-corrected chi connectivity index (χ1v) is 22.1. The number of ether oxygens (including phenoxy) is 2. The molecule has 0 fully saturated rings. The molecule has 8 nitrogen and oxygen atoms in total. The standard InChI is InChI=1S/C40H79O8P/c1-5-37(4)31-27-23-20-21-25-29-33-40(42)48-38(35-47-49(43,44)45)34-46-39(41)32-28-24-19-17-15-13-11-9-7-6-8-10-12-14-16-18-22-26-30-36(2)3/h36-38H,5-35H2,1-4H3,(H2,43,44,45)/t37?,38-/m1/s1. The highest BCUT2D eigenvalue weighted by molar-refractivity contribution is 7.46. The highest BCUT2D eigenvalue weighted by Gasteiger charge is 2.23. The molecule has 1 unspecified atom stereocenters. The molecule has 292 valence electrons. The molecule has 0 aliphatic rings. The number of rotatable bonds is 37. The Morgan fingerprint density at radius 1 is 0.531 bits per heavy atom. The molecule has 0 heterocycles. The van der Waals surface area contributed by atoms with E-state index in [4.69, 9.17) is 19.3 Å². The van der Waals surface area contributed by atoms with Crippen molar-refractivity contribution in [2.24, 2.45) is 11.8 Å². The molecule has 0 bridgehead atoms. The summed E-state index contributed by atoms with van der Waals surface area (Å²) in [6, 6.07) is 0. The Hall–Kier alpha value is -0.950. The zero-order valence-electron chi connectivity index (χ0n) is 32.4. The van der Waals surface area contributed by atoms with Gasteiger partial charge in [-0.1, -0.05) is 188 Å². The molecule has 9 heteroatoms. The lowest BCUT2D eigenvalue weighted by Crippen LogP contribution is -2.29. The van der Waals surface area contributed by atoms with Crippen molar-refractivity contribution in [1.82, 2.24) is 0 Å². The number of phosphoric acid groups is 1. The quantitative estimate of drug-likeness (QED) is 0.0370. The van der Waals surface area contributed by atoms with Crippen LogP contribution >= 0.6 is 7.82 Å². The van der Waals surface area contributed by atoms with E-state index in [0.29, 0.717) is 6.42 Å². The number of carbonyl (C=O) groups is 2. The van der Waals surface area contributed by atoms with Gasteiger partial charge in [0, 0.05) is 12.8 Å². The maximum atomic E-state index is 12.3. The van der Waals surface area contributed by atoms with Gasteiger partial charge in [0.2, 0.25) is 0 Å². The fraction of sp³-hybridized carbons (Fsp3) is 0.950. The van der Waals surface area contributed by atoms with Crippen LogP contribution in [0, 0.1) is 11.8 Å². The molecule has 0 aromatic heterocycles. The maximum absolute atomic E-state index is 12.3. The molecule has 0 radical (unpaired) electrons. The summed E-state index contributed by atoms with van der Waals surface area (Å²) in [6.45, 7) is 8.33. The van der Waals surface area contributed by atoms with Crippen LogP contribution in [0.15, 0.2) is 0 Å². The van der Waals surface area contributed by atoms with E-state index >= 15 is 0 Å². The highest BCUT2D eigenvalue weighted by Crippen LogP contribution is 2.36. The average Bonchev–Trinajstić information content (AvgIpc) is 3.05. The third kappa shape index (κ3) is 38.1. The molecule has 0 aliphatic heterocycles. The molecule has 49 heavy (non-hydrogen) atoms. The van der Waals surface area contributed by atoms with E-state index in [9.17, 15) is 14.2 Å². The van der Waals surface area contributed by atoms with Gasteiger partial charge in [-0.15, -0.1) is 0 Å². The maximum Gasteiger partial charge on any atom is 0.469 e. The predicted octanol–water partition coefficient (Wildman–Crippen LogP) is 12.2. The van der Waals surface area contributed by atoms with Crippen molar-refractivity contribution in [3.63, 3.8) is 0 Å². The Bertz CT molecular complexity index is 799. The van der Waals surface area contributed by atoms with Crippen molar-refractivity contribution in [3.8, 4) is 0 Å². The summed E-state index contributed by atoms with van der Waals surface area (Å²) in [6.07, 6.45) is 32.8. The fourth-order valence-electron chi connectivity index (χ4n) is 6.12. The van der Waals surface area contributed by atoms with Gasteiger partial charge >= 0.3 is 19.8 Å². The molecular weight excluding hydrogens is 639 g/mol. The summed E-state index contributed by atoms with van der Waals surface area (Å²) < 4.78 is 26.3. The van der Waals surface area contributed by atoms with Crippen molar-refractivity contribution < 1.29 is 37.9 Å². The van der Waals surface area contributed by atoms with Crippen molar-refractivity contribution in [2.45, 2.75) is 220 Å². The number of unbranched alkanes of at least 4 members (excludes halogenated alkanes) is 22. The third-order valence-electron chi connectivity index (χ3n) is 9.59. The van der Waals surface area contributed by atoms with E-state index in [0.717, 1.165) is 50.4 Å². The predicted molar refractivity (Wildman–Crippen MR) is 202 cm³/mol. The van der Waals surface area contributed by atoms with Gasteiger partial charge in [-0.05, 0) is 24.7 Å². The molecule has 0 aromatic carbocycles. The van der Waals surface area contributed by atoms with E-state index in [1.165, 1.54) is 128 Å². The topological polar surface area (TPSA) is 119 Å². The Balaban J connectivity index is 3.80. The van der Waals surface area contributed by atoms with E-state index < -0.39 is 32.5 Å². The SMILES string of the molecule is CCC(C)CCCCCCCCC(=O)O[C@H](COC(=O)CCCCCCCCCCCCCCCCCCCCC(C)C)COP(=O)(O)O. The minimum atomic E-state index is -4.74. The normalized spacial score (nSPS) is 13.1. The first kappa shape index (κ1) is 48.0. The van der Waals surface area contributed by atoms with Crippen molar-refractivity contribution in [2.75, 3.05) is 13.2 Å². The van der Waals surface area contributed by atoms with Gasteiger partial charge < -0.3 is 19.3 Å². The average molecular weight is 719 g/mol. The van der Waals surface area contributed by atoms with Crippen molar-refractivity contribution in [3.05, 3.63) is 0 Å². The third-order valence-corrected chi connectivity index (χ3v) is 10.1. The number of phosphoric ester groups is 1. The van der Waals surface area contributed by atoms with E-state index in [2.05, 4.69) is 32.2 Å². The van der Waals surface area contributed by atoms with Gasteiger partial charge in [0.25, 0.3) is 0 Å². The van der Waals surface area contributed by atoms with Crippen LogP contribution in [-0.2, 0) is 28.2 Å². The van der Waals surface area contributed by atoms with Crippen LogP contribution in [0.25, 0.3) is 0 Å². The fourth-order valence-corrected chi connectivity index (χ4v) is 6.48. The lowest BCUT2D eigenvalue weighted by Gasteiger charge is -2.18. The Kier molecular flexibility index (Phi) is 33.5. The second kappa shape index (κ2) is 34.2. The molecule has 0 spiro atoms. The zero-order chi connectivity index (χ0) is 36.4. The van der Waals surface area contributed by atoms with Gasteiger partial charge in [0.05, 0.1) is 6.61 Å². The highest BCUT2D eigenvalue weighted by atomic mass is 31.2. The monoisotopic (exact) mass is 719 g/mol. The lowest BCUT2D eigenvalue weighted by molar-refractivity contribution is -0.161. The summed E-state index contributed by atoms with van der Waals surface area (Å²) in [5.74, 6) is 0.756. The number of esters is 2. The Morgan fingerprint density at radius 3 is 1.29 bits per heavy atom. The number of carbonyl (C=O) groups excluding carboxylic acids is 2. The minimum absolute atomic E-state index is 0.215. The summed E-state index contributed by atoms with van der Waals surface area (Å²) in [5, 5.41) is 0. The van der Waals surface area contributed by atoms with Crippen LogP contribution in [-0.4, -0.2) is 41.0 Å². The molecule has 0 rings (SSSR count). The van der Waals surface area contributed by atoms with E-state index in [1.54, 1.807) is 0 Å². The number of hydrogen-bond donors (Lipinski definition) is 2. The summed E-state index contributed by atoms with van der Waals surface area (Å²) in [4.78, 5) is 42.7. The first-order chi connectivity index (χ1) is 23.5. The smallest absolute Gasteiger partial charge is 0.462 e. The van der Waals surface area contributed by atoms with Crippen LogP contribution in [0.1, 0.15) is 214 Å². The Morgan fingerprint density at radius 2 is 0.898 bits per heavy atom. The lowest BCUT2D eigenvalue weighted by atomic mass is 10.00. The molecular formula is C40H79O8P. The molecule has 2 N–H and O–H groups in total. The van der Waals surface area contributed by atoms with Crippen LogP contribution in [0.3, 0.4) is 0 Å². The van der Waals surface area contributed by atoms with E-state index in [-0.39, 0.29) is 19.4 Å². The molecule has 0 aromatic rings. The Labute approximate surface area is 302 Å². The molecule has 0 amide bonds. The van der Waals surface area contributed by atoms with Crippen molar-refractivity contribution >= 4 is 19.8 Å².